The van der Waals surface area contributed by atoms with Crippen LogP contribution in [-0.2, 0) is 9.47 Å². The van der Waals surface area contributed by atoms with Crippen LogP contribution in [0.5, 0.6) is 0 Å². The number of aromatic nitrogens is 1. The van der Waals surface area contributed by atoms with Crippen molar-refractivity contribution in [2.45, 2.75) is 91.5 Å². The highest BCUT2D eigenvalue weighted by molar-refractivity contribution is 5.87. The van der Waals surface area contributed by atoms with E-state index >= 15 is 0 Å². The summed E-state index contributed by atoms with van der Waals surface area (Å²) >= 11 is 0. The summed E-state index contributed by atoms with van der Waals surface area (Å²) in [5.41, 5.74) is -0.176. The largest absolute Gasteiger partial charge is 0.444 e. The van der Waals surface area contributed by atoms with Gasteiger partial charge in [0.25, 0.3) is 0 Å². The third-order valence-electron chi connectivity index (χ3n) is 4.39. The maximum absolute atomic E-state index is 12.6. The van der Waals surface area contributed by atoms with E-state index in [1.54, 1.807) is 11.1 Å². The molecule has 29 heavy (non-hydrogen) atoms. The molecular weight excluding hydrogens is 370 g/mol. The monoisotopic (exact) mass is 405 g/mol. The molecule has 0 aromatic carbocycles. The van der Waals surface area contributed by atoms with Gasteiger partial charge in [0.1, 0.15) is 17.0 Å². The minimum absolute atomic E-state index is 0.0690. The maximum atomic E-state index is 12.6. The predicted molar refractivity (Wildman–Crippen MR) is 113 cm³/mol. The highest BCUT2D eigenvalue weighted by atomic mass is 16.6. The number of carbonyl (C=O) groups is 2. The molecule has 2 heterocycles. The van der Waals surface area contributed by atoms with Gasteiger partial charge in [0.15, 0.2) is 0 Å². The fraction of sp³-hybridized carbons (Fsp3) is 0.682. The summed E-state index contributed by atoms with van der Waals surface area (Å²) in [6.07, 6.45) is 2.79. The first-order chi connectivity index (χ1) is 13.3. The van der Waals surface area contributed by atoms with E-state index in [2.05, 4.69) is 4.98 Å². The third kappa shape index (κ3) is 6.34. The van der Waals surface area contributed by atoms with Gasteiger partial charge in [-0.1, -0.05) is 6.07 Å². The van der Waals surface area contributed by atoms with Crippen molar-refractivity contribution in [3.05, 3.63) is 23.9 Å². The first kappa shape index (κ1) is 23.0. The van der Waals surface area contributed by atoms with Gasteiger partial charge in [-0.2, -0.15) is 0 Å². The number of hydrogen-bond acceptors (Lipinski definition) is 5. The molecule has 0 unspecified atom stereocenters. The van der Waals surface area contributed by atoms with Crippen molar-refractivity contribution >= 4 is 18.0 Å². The third-order valence-corrected chi connectivity index (χ3v) is 4.39. The predicted octanol–water partition coefficient (Wildman–Crippen LogP) is 5.30. The van der Waals surface area contributed by atoms with E-state index < -0.39 is 17.3 Å². The molecule has 7 nitrogen and oxygen atoms in total. The van der Waals surface area contributed by atoms with Gasteiger partial charge in [-0.3, -0.25) is 4.90 Å². The second-order valence-corrected chi connectivity index (χ2v) is 9.73. The molecule has 0 spiro atoms. The van der Waals surface area contributed by atoms with Crippen molar-refractivity contribution in [1.29, 1.82) is 0 Å². The number of pyridine rings is 1. The summed E-state index contributed by atoms with van der Waals surface area (Å²) < 4.78 is 11.1. The number of rotatable bonds is 3. The number of anilines is 1. The molecular formula is C22H35N3O4. The fourth-order valence-electron chi connectivity index (χ4n) is 3.27. The molecule has 0 N–H and O–H groups in total. The Labute approximate surface area is 174 Å². The standard InChI is InChI=1S/C22H35N3O4/c1-15(2)25(20(27)29-22(6,7)8)18-12-11-16(14-23-18)17-10-9-13-24(17)19(26)28-21(3,4)5/h11-12,14-15,17H,9-10,13H2,1-8H3/t17-/m0/s1. The smallest absolute Gasteiger partial charge is 0.416 e. The second kappa shape index (κ2) is 8.59. The minimum Gasteiger partial charge on any atom is -0.444 e. The molecule has 2 amide bonds. The van der Waals surface area contributed by atoms with E-state index in [4.69, 9.17) is 9.47 Å². The van der Waals surface area contributed by atoms with Gasteiger partial charge < -0.3 is 14.4 Å². The van der Waals surface area contributed by atoms with E-state index in [0.717, 1.165) is 18.4 Å². The second-order valence-electron chi connectivity index (χ2n) is 9.73. The lowest BCUT2D eigenvalue weighted by Gasteiger charge is -2.30. The summed E-state index contributed by atoms with van der Waals surface area (Å²) in [7, 11) is 0. The summed E-state index contributed by atoms with van der Waals surface area (Å²) in [4.78, 5) is 33.0. The fourth-order valence-corrected chi connectivity index (χ4v) is 3.27. The van der Waals surface area contributed by atoms with Crippen LogP contribution in [0.3, 0.4) is 0 Å². The highest BCUT2D eigenvalue weighted by Gasteiger charge is 2.34. The van der Waals surface area contributed by atoms with Gasteiger partial charge in [0.2, 0.25) is 0 Å². The highest BCUT2D eigenvalue weighted by Crippen LogP contribution is 2.33. The average Bonchev–Trinajstić information content (AvgIpc) is 3.01. The summed E-state index contributed by atoms with van der Waals surface area (Å²) in [6, 6.07) is 3.56. The molecule has 1 aliphatic rings. The van der Waals surface area contributed by atoms with Crippen molar-refractivity contribution in [2.24, 2.45) is 0 Å². The van der Waals surface area contributed by atoms with Gasteiger partial charge in [0, 0.05) is 18.8 Å². The molecule has 1 aliphatic heterocycles. The zero-order chi connectivity index (χ0) is 22.0. The van der Waals surface area contributed by atoms with Crippen LogP contribution in [0.25, 0.3) is 0 Å². The topological polar surface area (TPSA) is 72.0 Å². The Kier molecular flexibility index (Phi) is 6.81. The van der Waals surface area contributed by atoms with Crippen LogP contribution in [-0.4, -0.2) is 45.9 Å². The lowest BCUT2D eigenvalue weighted by molar-refractivity contribution is 0.0224. The lowest BCUT2D eigenvalue weighted by Crippen LogP contribution is -2.41. The molecule has 0 radical (unpaired) electrons. The number of ether oxygens (including phenoxy) is 2. The van der Waals surface area contributed by atoms with E-state index in [1.807, 2.05) is 67.5 Å². The van der Waals surface area contributed by atoms with Gasteiger partial charge in [-0.05, 0) is 79.9 Å². The van der Waals surface area contributed by atoms with Crippen LogP contribution in [0.15, 0.2) is 18.3 Å². The quantitative estimate of drug-likeness (QED) is 0.682. The van der Waals surface area contributed by atoms with Gasteiger partial charge in [-0.25, -0.2) is 14.6 Å². The zero-order valence-corrected chi connectivity index (χ0v) is 19.0. The molecule has 1 aromatic rings. The number of carbonyl (C=O) groups excluding carboxylic acids is 2. The number of amides is 2. The Morgan fingerprint density at radius 1 is 1.10 bits per heavy atom. The van der Waals surface area contributed by atoms with Gasteiger partial charge in [0.05, 0.1) is 6.04 Å². The molecule has 0 saturated carbocycles. The number of likely N-dealkylation sites (tertiary alicyclic amines) is 1. The summed E-state index contributed by atoms with van der Waals surface area (Å²) in [6.45, 7) is 15.6. The Morgan fingerprint density at radius 2 is 1.72 bits per heavy atom. The van der Waals surface area contributed by atoms with Gasteiger partial charge >= 0.3 is 12.2 Å². The van der Waals surface area contributed by atoms with E-state index in [-0.39, 0.29) is 18.2 Å². The molecule has 1 fully saturated rings. The van der Waals surface area contributed by atoms with Crippen molar-refractivity contribution in [1.82, 2.24) is 9.88 Å². The van der Waals surface area contributed by atoms with Crippen molar-refractivity contribution in [2.75, 3.05) is 11.4 Å². The van der Waals surface area contributed by atoms with Crippen LogP contribution in [0.2, 0.25) is 0 Å². The van der Waals surface area contributed by atoms with E-state index in [9.17, 15) is 9.59 Å². The molecule has 162 valence electrons. The van der Waals surface area contributed by atoms with E-state index in [1.165, 1.54) is 4.90 Å². The summed E-state index contributed by atoms with van der Waals surface area (Å²) in [5, 5.41) is 0. The molecule has 1 saturated heterocycles. The molecule has 7 heteroatoms. The average molecular weight is 406 g/mol. The van der Waals surface area contributed by atoms with Crippen LogP contribution in [0.1, 0.15) is 79.8 Å². The number of hydrogen-bond donors (Lipinski definition) is 0. The van der Waals surface area contributed by atoms with Crippen molar-refractivity contribution in [3.8, 4) is 0 Å². The molecule has 0 bridgehead atoms. The number of nitrogens with zero attached hydrogens (tertiary/aromatic N) is 3. The first-order valence-electron chi connectivity index (χ1n) is 10.3. The van der Waals surface area contributed by atoms with Crippen LogP contribution < -0.4 is 4.90 Å². The minimum atomic E-state index is -0.581. The van der Waals surface area contributed by atoms with Crippen LogP contribution >= 0.6 is 0 Å². The van der Waals surface area contributed by atoms with E-state index in [0.29, 0.717) is 12.4 Å². The van der Waals surface area contributed by atoms with Crippen molar-refractivity contribution in [3.63, 3.8) is 0 Å². The SMILES string of the molecule is CC(C)N(C(=O)OC(C)(C)C)c1ccc([C@@H]2CCCN2C(=O)OC(C)(C)C)cn1. The van der Waals surface area contributed by atoms with Crippen molar-refractivity contribution < 1.29 is 19.1 Å². The normalized spacial score (nSPS) is 17.4. The molecule has 1 aromatic heterocycles. The lowest BCUT2D eigenvalue weighted by atomic mass is 10.1. The van der Waals surface area contributed by atoms with Gasteiger partial charge in [-0.15, -0.1) is 0 Å². The Hall–Kier alpha value is -2.31. The first-order valence-corrected chi connectivity index (χ1v) is 10.3. The van der Waals surface area contributed by atoms with Crippen LogP contribution in [0.4, 0.5) is 15.4 Å². The Bertz CT molecular complexity index is 717. The zero-order valence-electron chi connectivity index (χ0n) is 19.0. The maximum Gasteiger partial charge on any atom is 0.416 e. The molecule has 1 atom stereocenters. The van der Waals surface area contributed by atoms with Crippen LogP contribution in [0, 0.1) is 0 Å². The molecule has 0 aliphatic carbocycles. The Morgan fingerprint density at radius 3 is 2.21 bits per heavy atom. The molecule has 2 rings (SSSR count). The Balaban J connectivity index is 2.19. The summed E-state index contributed by atoms with van der Waals surface area (Å²) in [5.74, 6) is 0.528.